The summed E-state index contributed by atoms with van der Waals surface area (Å²) in [7, 11) is 0. The summed E-state index contributed by atoms with van der Waals surface area (Å²) in [5.41, 5.74) is 16.1. The number of fused-ring (bicyclic) bond motifs is 3. The first-order valence-corrected chi connectivity index (χ1v) is 12.5. The Bertz CT molecular complexity index is 1200. The quantitative estimate of drug-likeness (QED) is 0.621. The lowest BCUT2D eigenvalue weighted by atomic mass is 9.88. The Morgan fingerprint density at radius 3 is 2.76 bits per heavy atom. The highest BCUT2D eigenvalue weighted by atomic mass is 15.7. The standard InChI is InChI=1S/C28H32N6/c1-19-28-25-9-8-22(21-10-13-33(14-11-21)24-6-3-7-24)17-26(25)27(12-15-34(28)32-31-19)30-23-5-2-4-20(16-23)18-29/h2,4-5,8-10,16-17,24,27,30-32H,3,6-7,11-15H2,1H3. The first kappa shape index (κ1) is 21.3. The molecule has 174 valence electrons. The Morgan fingerprint density at radius 2 is 2.00 bits per heavy atom. The number of benzene rings is 2. The van der Waals surface area contributed by atoms with Crippen LogP contribution in [0.1, 0.15) is 67.3 Å². The molecule has 2 aromatic carbocycles. The van der Waals surface area contributed by atoms with Crippen LogP contribution in [0.3, 0.4) is 0 Å². The Kier molecular flexibility index (Phi) is 5.52. The minimum atomic E-state index is 0.159. The molecule has 6 rings (SSSR count). The third-order valence-electron chi connectivity index (χ3n) is 7.86. The average Bonchev–Trinajstić information content (AvgIpc) is 3.13. The van der Waals surface area contributed by atoms with Crippen LogP contribution in [-0.4, -0.2) is 35.6 Å². The molecule has 3 heterocycles. The van der Waals surface area contributed by atoms with E-state index in [1.54, 1.807) is 0 Å². The molecule has 3 N–H and O–H groups in total. The van der Waals surface area contributed by atoms with Gasteiger partial charge in [0.2, 0.25) is 0 Å². The van der Waals surface area contributed by atoms with E-state index in [0.29, 0.717) is 5.56 Å². The van der Waals surface area contributed by atoms with E-state index in [1.807, 2.05) is 18.2 Å². The number of hydrazine groups is 2. The molecule has 6 heteroatoms. The van der Waals surface area contributed by atoms with Gasteiger partial charge in [0.1, 0.15) is 0 Å². The number of nitrogens with one attached hydrogen (secondary N) is 3. The summed E-state index contributed by atoms with van der Waals surface area (Å²) < 4.78 is 0. The molecule has 34 heavy (non-hydrogen) atoms. The van der Waals surface area contributed by atoms with Gasteiger partial charge in [0, 0.05) is 36.9 Å². The minimum absolute atomic E-state index is 0.159. The number of allylic oxidation sites excluding steroid dienone is 1. The summed E-state index contributed by atoms with van der Waals surface area (Å²) in [6, 6.07) is 18.1. The van der Waals surface area contributed by atoms with Crippen LogP contribution in [0.2, 0.25) is 0 Å². The molecule has 0 amide bonds. The van der Waals surface area contributed by atoms with Gasteiger partial charge in [0.25, 0.3) is 0 Å². The molecule has 1 saturated carbocycles. The highest BCUT2D eigenvalue weighted by molar-refractivity contribution is 5.76. The zero-order chi connectivity index (χ0) is 23.1. The van der Waals surface area contributed by atoms with E-state index < -0.39 is 0 Å². The topological polar surface area (TPSA) is 66.4 Å². The fourth-order valence-electron chi connectivity index (χ4n) is 5.72. The summed E-state index contributed by atoms with van der Waals surface area (Å²) in [5, 5.41) is 15.3. The molecule has 1 atom stereocenters. The third-order valence-corrected chi connectivity index (χ3v) is 7.86. The van der Waals surface area contributed by atoms with Crippen molar-refractivity contribution in [2.24, 2.45) is 0 Å². The van der Waals surface area contributed by atoms with Crippen LogP contribution in [-0.2, 0) is 0 Å². The number of hydrogen-bond donors (Lipinski definition) is 3. The number of anilines is 1. The number of nitrogens with zero attached hydrogens (tertiary/aromatic N) is 3. The largest absolute Gasteiger partial charge is 0.378 e. The predicted molar refractivity (Wildman–Crippen MR) is 136 cm³/mol. The molecular weight excluding hydrogens is 420 g/mol. The summed E-state index contributed by atoms with van der Waals surface area (Å²) in [4.78, 5) is 2.66. The summed E-state index contributed by atoms with van der Waals surface area (Å²) in [5.74, 6) is 0. The molecule has 0 radical (unpaired) electrons. The summed E-state index contributed by atoms with van der Waals surface area (Å²) >= 11 is 0. The number of nitriles is 1. The monoisotopic (exact) mass is 452 g/mol. The molecule has 1 aliphatic carbocycles. The maximum absolute atomic E-state index is 9.35. The van der Waals surface area contributed by atoms with Crippen molar-refractivity contribution < 1.29 is 0 Å². The van der Waals surface area contributed by atoms with Crippen molar-refractivity contribution in [3.63, 3.8) is 0 Å². The highest BCUT2D eigenvalue weighted by Crippen LogP contribution is 2.39. The molecule has 0 saturated heterocycles. The molecule has 1 unspecified atom stereocenters. The molecule has 6 nitrogen and oxygen atoms in total. The molecule has 0 spiro atoms. The van der Waals surface area contributed by atoms with Crippen molar-refractivity contribution in [1.82, 2.24) is 20.9 Å². The Balaban J connectivity index is 1.35. The normalized spacial score (nSPS) is 22.6. The smallest absolute Gasteiger partial charge is 0.0992 e. The van der Waals surface area contributed by atoms with E-state index in [4.69, 9.17) is 0 Å². The van der Waals surface area contributed by atoms with Gasteiger partial charge in [-0.1, -0.05) is 30.7 Å². The van der Waals surface area contributed by atoms with E-state index in [0.717, 1.165) is 43.4 Å². The lowest BCUT2D eigenvalue weighted by Gasteiger charge is -2.39. The first-order valence-electron chi connectivity index (χ1n) is 12.5. The van der Waals surface area contributed by atoms with Gasteiger partial charge in [-0.25, -0.2) is 0 Å². The summed E-state index contributed by atoms with van der Waals surface area (Å²) in [6.45, 7) is 5.26. The molecular formula is C28H32N6. The van der Waals surface area contributed by atoms with Crippen LogP contribution in [0.25, 0.3) is 11.3 Å². The van der Waals surface area contributed by atoms with Gasteiger partial charge < -0.3 is 10.7 Å². The zero-order valence-electron chi connectivity index (χ0n) is 19.8. The first-order chi connectivity index (χ1) is 16.7. The van der Waals surface area contributed by atoms with Gasteiger partial charge in [0.05, 0.1) is 29.1 Å². The highest BCUT2D eigenvalue weighted by Gasteiger charge is 2.31. The van der Waals surface area contributed by atoms with Crippen LogP contribution in [0.4, 0.5) is 5.69 Å². The van der Waals surface area contributed by atoms with Crippen molar-refractivity contribution >= 4 is 17.0 Å². The van der Waals surface area contributed by atoms with Gasteiger partial charge in [-0.15, -0.1) is 5.53 Å². The van der Waals surface area contributed by atoms with Gasteiger partial charge in [-0.2, -0.15) is 5.26 Å². The maximum Gasteiger partial charge on any atom is 0.0992 e. The van der Waals surface area contributed by atoms with Crippen LogP contribution < -0.4 is 16.3 Å². The molecule has 1 fully saturated rings. The van der Waals surface area contributed by atoms with E-state index >= 15 is 0 Å². The van der Waals surface area contributed by atoms with Gasteiger partial charge in [-0.3, -0.25) is 9.91 Å². The van der Waals surface area contributed by atoms with Crippen molar-refractivity contribution in [2.75, 3.05) is 25.0 Å². The zero-order valence-corrected chi connectivity index (χ0v) is 19.8. The fraction of sp³-hybridized carbons (Fsp3) is 0.393. The predicted octanol–water partition coefficient (Wildman–Crippen LogP) is 4.77. The fourth-order valence-corrected chi connectivity index (χ4v) is 5.72. The van der Waals surface area contributed by atoms with Crippen LogP contribution >= 0.6 is 0 Å². The number of rotatable bonds is 4. The third kappa shape index (κ3) is 3.85. The second kappa shape index (κ2) is 8.83. The molecule has 4 aliphatic rings. The second-order valence-electron chi connectivity index (χ2n) is 9.90. The molecule has 0 aromatic heterocycles. The Hall–Kier alpha value is -3.27. The van der Waals surface area contributed by atoms with Crippen molar-refractivity contribution in [3.05, 3.63) is 76.5 Å². The lowest BCUT2D eigenvalue weighted by molar-refractivity contribution is 0.141. The lowest BCUT2D eigenvalue weighted by Crippen LogP contribution is -2.42. The van der Waals surface area contributed by atoms with Gasteiger partial charge in [0.15, 0.2) is 0 Å². The van der Waals surface area contributed by atoms with Crippen molar-refractivity contribution in [1.29, 1.82) is 5.26 Å². The van der Waals surface area contributed by atoms with E-state index in [9.17, 15) is 5.26 Å². The van der Waals surface area contributed by atoms with Gasteiger partial charge in [-0.05, 0) is 73.6 Å². The van der Waals surface area contributed by atoms with Crippen molar-refractivity contribution in [3.8, 4) is 6.07 Å². The average molecular weight is 453 g/mol. The molecule has 0 bridgehead atoms. The molecule has 3 aliphatic heterocycles. The van der Waals surface area contributed by atoms with Crippen LogP contribution in [0.15, 0.2) is 54.2 Å². The van der Waals surface area contributed by atoms with Crippen LogP contribution in [0.5, 0.6) is 0 Å². The minimum Gasteiger partial charge on any atom is -0.378 e. The van der Waals surface area contributed by atoms with Crippen LogP contribution in [0, 0.1) is 11.3 Å². The maximum atomic E-state index is 9.35. The summed E-state index contributed by atoms with van der Waals surface area (Å²) in [6.07, 6.45) is 8.66. The SMILES string of the molecule is CC1=C2c3ccc(C4=CCN(C5CCC5)CC4)cc3C(Nc3cccc(C#N)c3)CCN2NN1. The van der Waals surface area contributed by atoms with E-state index in [1.165, 1.54) is 53.8 Å². The van der Waals surface area contributed by atoms with Gasteiger partial charge >= 0.3 is 0 Å². The Morgan fingerprint density at radius 1 is 1.09 bits per heavy atom. The van der Waals surface area contributed by atoms with E-state index in [-0.39, 0.29) is 6.04 Å². The molecule has 2 aromatic rings. The van der Waals surface area contributed by atoms with Crippen molar-refractivity contribution in [2.45, 2.75) is 51.1 Å². The second-order valence-corrected chi connectivity index (χ2v) is 9.90. The van der Waals surface area contributed by atoms with E-state index in [2.05, 4.69) is 69.5 Å². The Labute approximate surface area is 201 Å². The number of hydrogen-bond acceptors (Lipinski definition) is 6.